The quantitative estimate of drug-likeness (QED) is 0.476. The van der Waals surface area contributed by atoms with Crippen molar-refractivity contribution in [2.45, 2.75) is 32.4 Å². The fourth-order valence-electron chi connectivity index (χ4n) is 3.32. The zero-order valence-electron chi connectivity index (χ0n) is 13.8. The highest BCUT2D eigenvalue weighted by atomic mass is 16.5. The van der Waals surface area contributed by atoms with E-state index < -0.39 is 12.0 Å². The van der Waals surface area contributed by atoms with Crippen LogP contribution in [0.3, 0.4) is 0 Å². The van der Waals surface area contributed by atoms with E-state index in [9.17, 15) is 14.4 Å². The van der Waals surface area contributed by atoms with Gasteiger partial charge in [0, 0.05) is 0 Å². The predicted molar refractivity (Wildman–Crippen MR) is 87.6 cm³/mol. The lowest BCUT2D eigenvalue weighted by Crippen LogP contribution is -2.44. The topological polar surface area (TPSA) is 87.5 Å². The number of nitriles is 1. The Balaban J connectivity index is 1.65. The van der Waals surface area contributed by atoms with Crippen molar-refractivity contribution in [2.75, 3.05) is 0 Å². The third-order valence-electron chi connectivity index (χ3n) is 4.71. The first kappa shape index (κ1) is 16.9. The van der Waals surface area contributed by atoms with Crippen LogP contribution in [0, 0.1) is 23.2 Å². The highest BCUT2D eigenvalue weighted by Gasteiger charge is 2.50. The van der Waals surface area contributed by atoms with Gasteiger partial charge < -0.3 is 4.74 Å². The van der Waals surface area contributed by atoms with E-state index in [-0.39, 0.29) is 30.3 Å². The number of rotatable bonds is 4. The summed E-state index contributed by atoms with van der Waals surface area (Å²) in [7, 11) is 0. The fraction of sp³-hybridized carbons (Fsp3) is 0.368. The molecule has 0 radical (unpaired) electrons. The van der Waals surface area contributed by atoms with Gasteiger partial charge in [0.2, 0.25) is 11.8 Å². The lowest BCUT2D eigenvalue weighted by molar-refractivity contribution is -0.159. The van der Waals surface area contributed by atoms with E-state index >= 15 is 0 Å². The highest BCUT2D eigenvalue weighted by Crippen LogP contribution is 2.36. The predicted octanol–water partition coefficient (Wildman–Crippen LogP) is 1.94. The molecule has 1 heterocycles. The normalized spacial score (nSPS) is 23.1. The smallest absolute Gasteiger partial charge is 0.329 e. The largest absolute Gasteiger partial charge is 0.459 e. The highest BCUT2D eigenvalue weighted by molar-refractivity contribution is 6.08. The number of esters is 1. The molecule has 1 aliphatic carbocycles. The van der Waals surface area contributed by atoms with Gasteiger partial charge in [-0.2, -0.15) is 5.26 Å². The molecule has 1 saturated heterocycles. The van der Waals surface area contributed by atoms with Crippen LogP contribution in [-0.2, 0) is 25.7 Å². The van der Waals surface area contributed by atoms with Gasteiger partial charge in [-0.05, 0) is 37.5 Å². The first-order valence-electron chi connectivity index (χ1n) is 8.20. The van der Waals surface area contributed by atoms with Crippen LogP contribution >= 0.6 is 0 Å². The molecule has 128 valence electrons. The number of likely N-dealkylation sites (tertiary alicyclic amines) is 1. The van der Waals surface area contributed by atoms with E-state index in [4.69, 9.17) is 10.00 Å². The van der Waals surface area contributed by atoms with Gasteiger partial charge in [-0.25, -0.2) is 4.79 Å². The number of benzene rings is 1. The molecule has 1 aliphatic heterocycles. The molecule has 0 N–H and O–H groups in total. The lowest BCUT2D eigenvalue weighted by atomic mass is 9.85. The lowest BCUT2D eigenvalue weighted by Gasteiger charge is -2.21. The van der Waals surface area contributed by atoms with Gasteiger partial charge in [0.15, 0.2) is 0 Å². The van der Waals surface area contributed by atoms with Gasteiger partial charge in [0.1, 0.15) is 12.6 Å². The molecule has 3 atom stereocenters. The van der Waals surface area contributed by atoms with Crippen molar-refractivity contribution in [2.24, 2.45) is 11.8 Å². The number of ether oxygens (including phenoxy) is 1. The number of fused-ring (bicyclic) bond motifs is 1. The molecule has 0 unspecified atom stereocenters. The number of hydrogen-bond donors (Lipinski definition) is 0. The van der Waals surface area contributed by atoms with Crippen LogP contribution in [0.4, 0.5) is 0 Å². The van der Waals surface area contributed by atoms with Crippen molar-refractivity contribution in [3.05, 3.63) is 47.5 Å². The molecular weight excluding hydrogens is 320 g/mol. The molecule has 25 heavy (non-hydrogen) atoms. The summed E-state index contributed by atoms with van der Waals surface area (Å²) in [6, 6.07) is 7.80. The summed E-state index contributed by atoms with van der Waals surface area (Å²) in [4.78, 5) is 38.3. The Kier molecular flexibility index (Phi) is 4.66. The minimum atomic E-state index is -0.954. The first-order chi connectivity index (χ1) is 12.0. The van der Waals surface area contributed by atoms with Crippen molar-refractivity contribution in [1.29, 1.82) is 5.26 Å². The maximum atomic E-state index is 12.5. The number of amides is 2. The second-order valence-electron chi connectivity index (χ2n) is 6.30. The molecule has 6 heteroatoms. The number of allylic oxidation sites excluding steroid dienone is 2. The molecule has 6 nitrogen and oxygen atoms in total. The van der Waals surface area contributed by atoms with Gasteiger partial charge >= 0.3 is 5.97 Å². The van der Waals surface area contributed by atoms with Crippen molar-refractivity contribution in [3.8, 4) is 6.07 Å². The van der Waals surface area contributed by atoms with Crippen molar-refractivity contribution in [1.82, 2.24) is 4.90 Å². The van der Waals surface area contributed by atoms with E-state index in [1.54, 1.807) is 24.3 Å². The minimum absolute atomic E-state index is 0.0106. The summed E-state index contributed by atoms with van der Waals surface area (Å²) in [5.41, 5.74) is 1.15. The molecule has 2 aliphatic rings. The Labute approximate surface area is 145 Å². The number of imide groups is 1. The monoisotopic (exact) mass is 338 g/mol. The molecule has 0 spiro atoms. The van der Waals surface area contributed by atoms with E-state index in [1.165, 1.54) is 6.92 Å². The zero-order valence-corrected chi connectivity index (χ0v) is 13.8. The number of nitrogens with zero attached hydrogens (tertiary/aromatic N) is 2. The maximum absolute atomic E-state index is 12.5. The van der Waals surface area contributed by atoms with E-state index in [0.29, 0.717) is 24.0 Å². The Morgan fingerprint density at radius 2 is 1.92 bits per heavy atom. The summed E-state index contributed by atoms with van der Waals surface area (Å²) >= 11 is 0. The van der Waals surface area contributed by atoms with Gasteiger partial charge in [-0.1, -0.05) is 24.3 Å². The van der Waals surface area contributed by atoms with Crippen molar-refractivity contribution >= 4 is 17.8 Å². The second kappa shape index (κ2) is 6.89. The van der Waals surface area contributed by atoms with Crippen LogP contribution in [0.5, 0.6) is 0 Å². The second-order valence-corrected chi connectivity index (χ2v) is 6.30. The number of carbonyl (C=O) groups excluding carboxylic acids is 3. The third kappa shape index (κ3) is 3.18. The summed E-state index contributed by atoms with van der Waals surface area (Å²) in [5, 5.41) is 8.89. The molecule has 0 bridgehead atoms. The molecule has 2 amide bonds. The Bertz CT molecular complexity index is 767. The van der Waals surface area contributed by atoms with Gasteiger partial charge in [-0.3, -0.25) is 14.5 Å². The molecule has 0 aromatic heterocycles. The first-order valence-corrected chi connectivity index (χ1v) is 8.20. The number of carbonyl (C=O) groups is 3. The van der Waals surface area contributed by atoms with Crippen molar-refractivity contribution in [3.63, 3.8) is 0 Å². The van der Waals surface area contributed by atoms with Crippen LogP contribution in [0.1, 0.15) is 30.9 Å². The summed E-state index contributed by atoms with van der Waals surface area (Å²) in [6.07, 6.45) is 4.88. The van der Waals surface area contributed by atoms with E-state index in [1.807, 2.05) is 18.2 Å². The van der Waals surface area contributed by atoms with Crippen LogP contribution in [0.25, 0.3) is 0 Å². The van der Waals surface area contributed by atoms with E-state index in [0.717, 1.165) is 4.90 Å². The average molecular weight is 338 g/mol. The summed E-state index contributed by atoms with van der Waals surface area (Å²) < 4.78 is 5.24. The fourth-order valence-corrected chi connectivity index (χ4v) is 3.32. The number of hydrogen-bond acceptors (Lipinski definition) is 5. The Morgan fingerprint density at radius 1 is 1.28 bits per heavy atom. The Hall–Kier alpha value is -2.94. The molecular formula is C19H18N2O4. The SMILES string of the molecule is C[C@H](C(=O)OCc1cccc(C#N)c1)N1C(=O)[C@@H]2CC=CC[C@H]2C1=O. The zero-order chi connectivity index (χ0) is 18.0. The molecule has 0 saturated carbocycles. The third-order valence-corrected chi connectivity index (χ3v) is 4.71. The van der Waals surface area contributed by atoms with Crippen LogP contribution in [0.2, 0.25) is 0 Å². The van der Waals surface area contributed by atoms with Crippen molar-refractivity contribution < 1.29 is 19.1 Å². The van der Waals surface area contributed by atoms with Crippen LogP contribution in [-0.4, -0.2) is 28.7 Å². The van der Waals surface area contributed by atoms with E-state index in [2.05, 4.69) is 0 Å². The molecule has 3 rings (SSSR count). The maximum Gasteiger partial charge on any atom is 0.329 e. The van der Waals surface area contributed by atoms with Crippen LogP contribution in [0.15, 0.2) is 36.4 Å². The van der Waals surface area contributed by atoms with Gasteiger partial charge in [0.25, 0.3) is 0 Å². The van der Waals surface area contributed by atoms with Gasteiger partial charge in [-0.15, -0.1) is 0 Å². The standard InChI is InChI=1S/C19H18N2O4/c1-12(19(24)25-11-14-6-4-5-13(9-14)10-20)21-17(22)15-7-2-3-8-16(15)18(21)23/h2-6,9,12,15-16H,7-8,11H2,1H3/t12-,15-,16-/m1/s1. The molecule has 1 aromatic carbocycles. The Morgan fingerprint density at radius 3 is 2.52 bits per heavy atom. The summed E-state index contributed by atoms with van der Waals surface area (Å²) in [5.74, 6) is -1.94. The minimum Gasteiger partial charge on any atom is -0.459 e. The van der Waals surface area contributed by atoms with Gasteiger partial charge in [0.05, 0.1) is 23.5 Å². The molecule has 1 fully saturated rings. The average Bonchev–Trinajstić information content (AvgIpc) is 2.90. The molecule has 1 aromatic rings. The summed E-state index contributed by atoms with van der Waals surface area (Å²) in [6.45, 7) is 1.50. The van der Waals surface area contributed by atoms with Crippen LogP contribution < -0.4 is 0 Å².